The minimum Gasteiger partial charge on any atom is -0.367 e. The normalized spacial score (nSPS) is 14.4. The number of anilines is 2. The van der Waals surface area contributed by atoms with Crippen molar-refractivity contribution in [2.24, 2.45) is 0 Å². The number of halogens is 1. The minimum absolute atomic E-state index is 0.000235. The second-order valence-corrected chi connectivity index (χ2v) is 6.81. The Morgan fingerprint density at radius 3 is 2.30 bits per heavy atom. The molecule has 2 aromatic carbocycles. The molecular formula is C21H22ClN3O2. The SMILES string of the molecule is CC(=O)Nc1ccc(/C=C/C(=O)N2CCN(c3ccccc3Cl)CC2)cc1. The summed E-state index contributed by atoms with van der Waals surface area (Å²) in [6.45, 7) is 4.31. The van der Waals surface area contributed by atoms with E-state index >= 15 is 0 Å². The van der Waals surface area contributed by atoms with E-state index in [1.807, 2.05) is 53.4 Å². The highest BCUT2D eigenvalue weighted by Gasteiger charge is 2.20. The summed E-state index contributed by atoms with van der Waals surface area (Å²) in [5.41, 5.74) is 2.66. The maximum absolute atomic E-state index is 12.4. The van der Waals surface area contributed by atoms with Gasteiger partial charge in [0.05, 0.1) is 10.7 Å². The number of nitrogens with one attached hydrogen (secondary N) is 1. The predicted octanol–water partition coefficient (Wildman–Crippen LogP) is 3.66. The lowest BCUT2D eigenvalue weighted by Gasteiger charge is -2.36. The molecule has 0 atom stereocenters. The zero-order valence-electron chi connectivity index (χ0n) is 15.2. The summed E-state index contributed by atoms with van der Waals surface area (Å²) in [5.74, 6) is -0.107. The largest absolute Gasteiger partial charge is 0.367 e. The van der Waals surface area contributed by atoms with Crippen LogP contribution >= 0.6 is 11.6 Å². The number of nitrogens with zero attached hydrogens (tertiary/aromatic N) is 2. The number of amides is 2. The fourth-order valence-corrected chi connectivity index (χ4v) is 3.28. The molecule has 0 aliphatic carbocycles. The van der Waals surface area contributed by atoms with Crippen LogP contribution in [0, 0.1) is 0 Å². The molecule has 1 aliphatic rings. The maximum atomic E-state index is 12.4. The zero-order valence-corrected chi connectivity index (χ0v) is 15.9. The lowest BCUT2D eigenvalue weighted by molar-refractivity contribution is -0.126. The van der Waals surface area contributed by atoms with E-state index in [0.29, 0.717) is 13.1 Å². The summed E-state index contributed by atoms with van der Waals surface area (Å²) in [6, 6.07) is 15.1. The molecule has 1 heterocycles. The number of carbonyl (C=O) groups excluding carboxylic acids is 2. The highest BCUT2D eigenvalue weighted by molar-refractivity contribution is 6.33. The Bertz CT molecular complexity index is 841. The Kier molecular flexibility index (Phi) is 6.14. The summed E-state index contributed by atoms with van der Waals surface area (Å²) in [6.07, 6.45) is 3.39. The zero-order chi connectivity index (χ0) is 19.2. The molecule has 2 aromatic rings. The van der Waals surface area contributed by atoms with E-state index < -0.39 is 0 Å². The van der Waals surface area contributed by atoms with Crippen molar-refractivity contribution in [3.05, 3.63) is 65.2 Å². The van der Waals surface area contributed by atoms with Crippen molar-refractivity contribution in [2.75, 3.05) is 36.4 Å². The smallest absolute Gasteiger partial charge is 0.246 e. The Labute approximate surface area is 164 Å². The molecule has 1 fully saturated rings. The van der Waals surface area contributed by atoms with Crippen molar-refractivity contribution in [1.82, 2.24) is 4.90 Å². The van der Waals surface area contributed by atoms with Gasteiger partial charge < -0.3 is 15.1 Å². The van der Waals surface area contributed by atoms with E-state index in [2.05, 4.69) is 10.2 Å². The maximum Gasteiger partial charge on any atom is 0.246 e. The van der Waals surface area contributed by atoms with Crippen LogP contribution < -0.4 is 10.2 Å². The molecule has 1 N–H and O–H groups in total. The molecule has 1 aliphatic heterocycles. The molecule has 0 radical (unpaired) electrons. The molecule has 0 unspecified atom stereocenters. The summed E-state index contributed by atoms with van der Waals surface area (Å²) in [4.78, 5) is 27.5. The molecule has 1 saturated heterocycles. The van der Waals surface area contributed by atoms with Crippen molar-refractivity contribution in [3.63, 3.8) is 0 Å². The minimum atomic E-state index is -0.107. The van der Waals surface area contributed by atoms with E-state index in [1.54, 1.807) is 12.2 Å². The number of piperazine rings is 1. The van der Waals surface area contributed by atoms with Crippen LogP contribution in [0.4, 0.5) is 11.4 Å². The number of para-hydroxylation sites is 1. The van der Waals surface area contributed by atoms with Gasteiger partial charge in [-0.2, -0.15) is 0 Å². The molecule has 5 nitrogen and oxygen atoms in total. The highest BCUT2D eigenvalue weighted by Crippen LogP contribution is 2.26. The van der Waals surface area contributed by atoms with Gasteiger partial charge in [-0.3, -0.25) is 9.59 Å². The predicted molar refractivity (Wildman–Crippen MR) is 110 cm³/mol. The molecule has 0 aromatic heterocycles. The van der Waals surface area contributed by atoms with Gasteiger partial charge in [-0.05, 0) is 35.9 Å². The second kappa shape index (κ2) is 8.73. The highest BCUT2D eigenvalue weighted by atomic mass is 35.5. The van der Waals surface area contributed by atoms with Gasteiger partial charge in [0.25, 0.3) is 0 Å². The van der Waals surface area contributed by atoms with E-state index in [9.17, 15) is 9.59 Å². The Morgan fingerprint density at radius 2 is 1.67 bits per heavy atom. The number of benzene rings is 2. The van der Waals surface area contributed by atoms with E-state index in [1.165, 1.54) is 6.92 Å². The van der Waals surface area contributed by atoms with Gasteiger partial charge in [-0.1, -0.05) is 35.9 Å². The lowest BCUT2D eigenvalue weighted by Crippen LogP contribution is -2.48. The Morgan fingerprint density at radius 1 is 1.00 bits per heavy atom. The van der Waals surface area contributed by atoms with Gasteiger partial charge in [-0.15, -0.1) is 0 Å². The fourth-order valence-electron chi connectivity index (χ4n) is 3.03. The molecule has 0 bridgehead atoms. The van der Waals surface area contributed by atoms with Crippen molar-refractivity contribution in [1.29, 1.82) is 0 Å². The van der Waals surface area contributed by atoms with Crippen molar-refractivity contribution in [3.8, 4) is 0 Å². The Hall–Kier alpha value is -2.79. The summed E-state index contributed by atoms with van der Waals surface area (Å²) in [5, 5.41) is 3.45. The van der Waals surface area contributed by atoms with Gasteiger partial charge in [0.2, 0.25) is 11.8 Å². The van der Waals surface area contributed by atoms with Crippen molar-refractivity contribution >= 4 is 40.9 Å². The summed E-state index contributed by atoms with van der Waals surface area (Å²) >= 11 is 6.26. The molecule has 0 saturated carbocycles. The van der Waals surface area contributed by atoms with Crippen LogP contribution in [-0.4, -0.2) is 42.9 Å². The van der Waals surface area contributed by atoms with E-state index in [-0.39, 0.29) is 11.8 Å². The molecule has 27 heavy (non-hydrogen) atoms. The molecule has 3 rings (SSSR count). The fraction of sp³-hybridized carbons (Fsp3) is 0.238. The molecule has 2 amide bonds. The number of hydrogen-bond acceptors (Lipinski definition) is 3. The van der Waals surface area contributed by atoms with Gasteiger partial charge in [0.15, 0.2) is 0 Å². The first-order chi connectivity index (χ1) is 13.0. The van der Waals surface area contributed by atoms with Crippen LogP contribution in [0.1, 0.15) is 12.5 Å². The lowest BCUT2D eigenvalue weighted by atomic mass is 10.2. The van der Waals surface area contributed by atoms with E-state index in [0.717, 1.165) is 35.1 Å². The topological polar surface area (TPSA) is 52.7 Å². The number of hydrogen-bond donors (Lipinski definition) is 1. The second-order valence-electron chi connectivity index (χ2n) is 6.40. The van der Waals surface area contributed by atoms with Crippen LogP contribution in [0.2, 0.25) is 5.02 Å². The Balaban J connectivity index is 1.54. The average Bonchev–Trinajstić information content (AvgIpc) is 2.67. The van der Waals surface area contributed by atoms with Gasteiger partial charge in [-0.25, -0.2) is 0 Å². The van der Waals surface area contributed by atoms with Crippen LogP contribution in [-0.2, 0) is 9.59 Å². The third-order valence-corrected chi connectivity index (χ3v) is 4.75. The monoisotopic (exact) mass is 383 g/mol. The first-order valence-corrected chi connectivity index (χ1v) is 9.25. The van der Waals surface area contributed by atoms with Crippen LogP contribution in [0.5, 0.6) is 0 Å². The van der Waals surface area contributed by atoms with Gasteiger partial charge >= 0.3 is 0 Å². The van der Waals surface area contributed by atoms with Crippen molar-refractivity contribution in [2.45, 2.75) is 6.92 Å². The average molecular weight is 384 g/mol. The molecule has 6 heteroatoms. The summed E-state index contributed by atoms with van der Waals surface area (Å²) in [7, 11) is 0. The molecule has 140 valence electrons. The van der Waals surface area contributed by atoms with Gasteiger partial charge in [0, 0.05) is 44.9 Å². The van der Waals surface area contributed by atoms with Gasteiger partial charge in [0.1, 0.15) is 0 Å². The summed E-state index contributed by atoms with van der Waals surface area (Å²) < 4.78 is 0. The van der Waals surface area contributed by atoms with Crippen molar-refractivity contribution < 1.29 is 9.59 Å². The van der Waals surface area contributed by atoms with Crippen LogP contribution in [0.15, 0.2) is 54.6 Å². The standard InChI is InChI=1S/C21H22ClN3O2/c1-16(26)23-18-9-6-17(7-10-18)8-11-21(27)25-14-12-24(13-15-25)20-5-3-2-4-19(20)22/h2-11H,12-15H2,1H3,(H,23,26)/b11-8+. The molecular weight excluding hydrogens is 362 g/mol. The third kappa shape index (κ3) is 5.11. The first-order valence-electron chi connectivity index (χ1n) is 8.87. The third-order valence-electron chi connectivity index (χ3n) is 4.43. The van der Waals surface area contributed by atoms with Crippen LogP contribution in [0.3, 0.4) is 0 Å². The number of rotatable bonds is 4. The molecule has 0 spiro atoms. The quantitative estimate of drug-likeness (QED) is 0.820. The number of carbonyl (C=O) groups is 2. The first kappa shape index (κ1) is 19.0. The van der Waals surface area contributed by atoms with Crippen LogP contribution in [0.25, 0.3) is 6.08 Å². The van der Waals surface area contributed by atoms with E-state index in [4.69, 9.17) is 11.6 Å².